The Kier molecular flexibility index (Phi) is 6.43. The van der Waals surface area contributed by atoms with Crippen LogP contribution in [0.5, 0.6) is 17.2 Å². The molecule has 2 aliphatic rings. The van der Waals surface area contributed by atoms with Crippen molar-refractivity contribution in [3.05, 3.63) is 72.1 Å². The van der Waals surface area contributed by atoms with Gasteiger partial charge in [-0.2, -0.15) is 0 Å². The van der Waals surface area contributed by atoms with Crippen molar-refractivity contribution in [2.45, 2.75) is 11.6 Å². The van der Waals surface area contributed by atoms with Crippen LogP contribution < -0.4 is 19.7 Å². The van der Waals surface area contributed by atoms with Crippen LogP contribution in [0.4, 0.5) is 10.1 Å². The number of anilines is 1. The van der Waals surface area contributed by atoms with Gasteiger partial charge in [-0.1, -0.05) is 11.8 Å². The van der Waals surface area contributed by atoms with Gasteiger partial charge in [0.25, 0.3) is 11.8 Å². The van der Waals surface area contributed by atoms with E-state index >= 15 is 0 Å². The molecule has 1 saturated heterocycles. The second-order valence-electron chi connectivity index (χ2n) is 8.51. The van der Waals surface area contributed by atoms with Crippen LogP contribution in [0.3, 0.4) is 0 Å². The van der Waals surface area contributed by atoms with Gasteiger partial charge in [0.15, 0.2) is 5.60 Å². The number of pyridine rings is 2. The van der Waals surface area contributed by atoms with E-state index in [-0.39, 0.29) is 37.0 Å². The molecule has 2 aliphatic heterocycles. The standard InChI is InChI=1S/C26H21FN4O6/c1-31-22-8-16(4-6-26(34)14-35-15-26)2-3-23(22)36-13-21(25(31)33)30-24(32)20-10-18(5-7-29-20)37-19-9-17(27)11-28-12-19/h2-3,5,7-12,21,34H,13-15H2,1H3,(H,30,32). The molecular formula is C26H21FN4O6. The van der Waals surface area contributed by atoms with Crippen LogP contribution in [0, 0.1) is 17.7 Å². The third-order valence-electron chi connectivity index (χ3n) is 5.66. The van der Waals surface area contributed by atoms with Gasteiger partial charge in [-0.15, -0.1) is 0 Å². The predicted octanol–water partition coefficient (Wildman–Crippen LogP) is 1.67. The van der Waals surface area contributed by atoms with Crippen LogP contribution in [0.1, 0.15) is 16.1 Å². The zero-order chi connectivity index (χ0) is 26.0. The number of nitrogens with zero attached hydrogens (tertiary/aromatic N) is 3. The van der Waals surface area contributed by atoms with Crippen molar-refractivity contribution < 1.29 is 33.3 Å². The van der Waals surface area contributed by atoms with Gasteiger partial charge in [-0.3, -0.25) is 19.6 Å². The van der Waals surface area contributed by atoms with E-state index < -0.39 is 29.3 Å². The number of aromatic nitrogens is 2. The second kappa shape index (κ2) is 9.85. The number of carbonyl (C=O) groups excluding carboxylic acids is 2. The first kappa shape index (κ1) is 24.2. The first-order chi connectivity index (χ1) is 17.8. The first-order valence-electron chi connectivity index (χ1n) is 11.2. The average molecular weight is 504 g/mol. The molecule has 4 heterocycles. The number of likely N-dealkylation sites (N-methyl/N-ethyl adjacent to an activating group) is 1. The van der Waals surface area contributed by atoms with Crippen molar-refractivity contribution in [2.24, 2.45) is 0 Å². The van der Waals surface area contributed by atoms with Crippen LogP contribution in [0.2, 0.25) is 0 Å². The number of carbonyl (C=O) groups is 2. The molecule has 0 aliphatic carbocycles. The highest BCUT2D eigenvalue weighted by Crippen LogP contribution is 2.32. The number of ether oxygens (including phenoxy) is 3. The number of hydrogen-bond acceptors (Lipinski definition) is 8. The van der Waals surface area contributed by atoms with Crippen molar-refractivity contribution >= 4 is 17.5 Å². The summed E-state index contributed by atoms with van der Waals surface area (Å²) >= 11 is 0. The molecule has 3 aromatic rings. The Morgan fingerprint density at radius 1 is 1.24 bits per heavy atom. The summed E-state index contributed by atoms with van der Waals surface area (Å²) < 4.78 is 29.7. The summed E-state index contributed by atoms with van der Waals surface area (Å²) in [5.41, 5.74) is -0.109. The van der Waals surface area contributed by atoms with E-state index in [1.165, 1.54) is 29.4 Å². The van der Waals surface area contributed by atoms with Gasteiger partial charge in [0, 0.05) is 30.9 Å². The molecule has 0 radical (unpaired) electrons. The highest BCUT2D eigenvalue weighted by molar-refractivity contribution is 6.03. The number of benzene rings is 1. The monoisotopic (exact) mass is 504 g/mol. The Morgan fingerprint density at radius 2 is 2.08 bits per heavy atom. The number of hydrogen-bond donors (Lipinski definition) is 2. The molecule has 1 unspecified atom stereocenters. The summed E-state index contributed by atoms with van der Waals surface area (Å²) in [7, 11) is 1.57. The summed E-state index contributed by atoms with van der Waals surface area (Å²) in [6.07, 6.45) is 3.74. The average Bonchev–Trinajstić information content (AvgIpc) is 2.98. The molecule has 37 heavy (non-hydrogen) atoms. The molecule has 2 aromatic heterocycles. The summed E-state index contributed by atoms with van der Waals surface area (Å²) in [6, 6.07) is 8.11. The summed E-state index contributed by atoms with van der Waals surface area (Å²) in [5, 5.41) is 12.7. The largest absolute Gasteiger partial charge is 0.489 e. The molecule has 0 saturated carbocycles. The lowest BCUT2D eigenvalue weighted by Crippen LogP contribution is -2.49. The van der Waals surface area contributed by atoms with Gasteiger partial charge in [0.2, 0.25) is 0 Å². The molecule has 0 bridgehead atoms. The fourth-order valence-corrected chi connectivity index (χ4v) is 3.65. The molecule has 1 fully saturated rings. The number of fused-ring (bicyclic) bond motifs is 1. The second-order valence-corrected chi connectivity index (χ2v) is 8.51. The van der Waals surface area contributed by atoms with Crippen molar-refractivity contribution in [1.29, 1.82) is 0 Å². The maximum Gasteiger partial charge on any atom is 0.270 e. The Balaban J connectivity index is 1.29. The molecule has 2 N–H and O–H groups in total. The topological polar surface area (TPSA) is 123 Å². The molecule has 1 atom stereocenters. The van der Waals surface area contributed by atoms with E-state index in [4.69, 9.17) is 14.2 Å². The van der Waals surface area contributed by atoms with Crippen LogP contribution in [0.15, 0.2) is 55.0 Å². The van der Waals surface area contributed by atoms with Crippen molar-refractivity contribution in [2.75, 3.05) is 31.8 Å². The molecule has 11 heteroatoms. The number of halogens is 1. The first-order valence-corrected chi connectivity index (χ1v) is 11.2. The normalized spacial score (nSPS) is 17.8. The lowest BCUT2D eigenvalue weighted by Gasteiger charge is -2.30. The van der Waals surface area contributed by atoms with Crippen LogP contribution in [0.25, 0.3) is 0 Å². The number of rotatable bonds is 4. The summed E-state index contributed by atoms with van der Waals surface area (Å²) in [6.45, 7) is 0.203. The SMILES string of the molecule is CN1C(=O)C(NC(=O)c2cc(Oc3cncc(F)c3)ccn2)COc2ccc(C#CC3(O)COC3)cc21. The van der Waals surface area contributed by atoms with Gasteiger partial charge < -0.3 is 29.5 Å². The maximum atomic E-state index is 13.4. The summed E-state index contributed by atoms with van der Waals surface area (Å²) in [5.74, 6) is 4.93. The predicted molar refractivity (Wildman–Crippen MR) is 128 cm³/mol. The van der Waals surface area contributed by atoms with Crippen LogP contribution >= 0.6 is 0 Å². The number of nitrogens with one attached hydrogen (secondary N) is 1. The zero-order valence-electron chi connectivity index (χ0n) is 19.6. The minimum Gasteiger partial charge on any atom is -0.489 e. The van der Waals surface area contributed by atoms with Crippen molar-refractivity contribution in [1.82, 2.24) is 15.3 Å². The summed E-state index contributed by atoms with van der Waals surface area (Å²) in [4.78, 5) is 35.2. The van der Waals surface area contributed by atoms with E-state index in [1.807, 2.05) is 0 Å². The zero-order valence-corrected chi connectivity index (χ0v) is 19.6. The number of amides is 2. The van der Waals surface area contributed by atoms with Gasteiger partial charge in [-0.05, 0) is 24.3 Å². The molecule has 188 valence electrons. The molecular weight excluding hydrogens is 483 g/mol. The Morgan fingerprint density at radius 3 is 2.84 bits per heavy atom. The molecule has 2 amide bonds. The maximum absolute atomic E-state index is 13.4. The highest BCUT2D eigenvalue weighted by atomic mass is 19.1. The van der Waals surface area contributed by atoms with Gasteiger partial charge in [-0.25, -0.2) is 4.39 Å². The molecule has 10 nitrogen and oxygen atoms in total. The number of aliphatic hydroxyl groups is 1. The fourth-order valence-electron chi connectivity index (χ4n) is 3.65. The van der Waals surface area contributed by atoms with E-state index in [9.17, 15) is 19.1 Å². The molecule has 5 rings (SSSR count). The highest BCUT2D eigenvalue weighted by Gasteiger charge is 2.34. The van der Waals surface area contributed by atoms with Gasteiger partial charge in [0.05, 0.1) is 31.3 Å². The Labute approximate surface area is 211 Å². The molecule has 1 aromatic carbocycles. The van der Waals surface area contributed by atoms with Gasteiger partial charge >= 0.3 is 0 Å². The lowest BCUT2D eigenvalue weighted by molar-refractivity contribution is -0.140. The Bertz CT molecular complexity index is 1430. The molecule has 0 spiro atoms. The Hall–Kier alpha value is -4.53. The van der Waals surface area contributed by atoms with Crippen molar-refractivity contribution in [3.8, 4) is 29.1 Å². The quantitative estimate of drug-likeness (QED) is 0.515. The van der Waals surface area contributed by atoms with Crippen LogP contribution in [-0.4, -0.2) is 65.4 Å². The smallest absolute Gasteiger partial charge is 0.270 e. The fraction of sp³-hybridized carbons (Fsp3) is 0.231. The van der Waals surface area contributed by atoms with E-state index in [0.29, 0.717) is 17.0 Å². The van der Waals surface area contributed by atoms with E-state index in [0.717, 1.165) is 12.3 Å². The third-order valence-corrected chi connectivity index (χ3v) is 5.66. The van der Waals surface area contributed by atoms with E-state index in [2.05, 4.69) is 27.1 Å². The lowest BCUT2D eigenvalue weighted by atomic mass is 10.0. The van der Waals surface area contributed by atoms with Crippen LogP contribution in [-0.2, 0) is 9.53 Å². The van der Waals surface area contributed by atoms with Crippen molar-refractivity contribution in [3.63, 3.8) is 0 Å². The third kappa shape index (κ3) is 5.35. The van der Waals surface area contributed by atoms with E-state index in [1.54, 1.807) is 25.2 Å². The van der Waals surface area contributed by atoms with Gasteiger partial charge in [0.1, 0.15) is 41.4 Å². The minimum atomic E-state index is -1.16. The minimum absolute atomic E-state index is 0.00505.